The summed E-state index contributed by atoms with van der Waals surface area (Å²) in [5.41, 5.74) is 6.27. The molecule has 0 heterocycles. The number of carbonyl (C=O) groups excluding carboxylic acids is 2. The van der Waals surface area contributed by atoms with Crippen molar-refractivity contribution in [2.45, 2.75) is 45.3 Å². The Kier molecular flexibility index (Phi) is 6.13. The zero-order valence-corrected chi connectivity index (χ0v) is 14.4. The van der Waals surface area contributed by atoms with Crippen molar-refractivity contribution in [2.75, 3.05) is 5.73 Å². The number of halogens is 2. The first-order valence-electron chi connectivity index (χ1n) is 7.61. The summed E-state index contributed by atoms with van der Waals surface area (Å²) in [7, 11) is 0. The Morgan fingerprint density at radius 2 is 1.83 bits per heavy atom. The van der Waals surface area contributed by atoms with Crippen molar-refractivity contribution >= 4 is 40.8 Å². The van der Waals surface area contributed by atoms with E-state index in [0.717, 1.165) is 32.1 Å². The summed E-state index contributed by atoms with van der Waals surface area (Å²) in [6.45, 7) is 1.33. The van der Waals surface area contributed by atoms with Crippen molar-refractivity contribution in [1.29, 1.82) is 0 Å². The smallest absolute Gasteiger partial charge is 0.304 e. The van der Waals surface area contributed by atoms with Gasteiger partial charge in [0, 0.05) is 18.5 Å². The second kappa shape index (κ2) is 7.88. The molecule has 0 bridgehead atoms. The average molecular weight is 359 g/mol. The summed E-state index contributed by atoms with van der Waals surface area (Å²) in [6, 6.07) is 2.85. The minimum atomic E-state index is -0.658. The van der Waals surface area contributed by atoms with Crippen LogP contribution in [0.25, 0.3) is 0 Å². The van der Waals surface area contributed by atoms with Gasteiger partial charge < -0.3 is 15.8 Å². The van der Waals surface area contributed by atoms with Crippen LogP contribution in [0.4, 0.5) is 5.69 Å². The molecule has 0 aromatic heterocycles. The van der Waals surface area contributed by atoms with E-state index >= 15 is 0 Å². The van der Waals surface area contributed by atoms with E-state index in [1.807, 2.05) is 0 Å². The number of hydrogen-bond acceptors (Lipinski definition) is 4. The lowest BCUT2D eigenvalue weighted by Crippen LogP contribution is -2.44. The van der Waals surface area contributed by atoms with Gasteiger partial charge in [0.2, 0.25) is 0 Å². The van der Waals surface area contributed by atoms with Crippen LogP contribution in [0.2, 0.25) is 10.0 Å². The maximum Gasteiger partial charge on any atom is 0.304 e. The number of carbonyl (C=O) groups is 2. The van der Waals surface area contributed by atoms with Gasteiger partial charge in [-0.15, -0.1) is 0 Å². The van der Waals surface area contributed by atoms with Crippen molar-refractivity contribution in [2.24, 2.45) is 5.92 Å². The number of rotatable bonds is 4. The van der Waals surface area contributed by atoms with Crippen molar-refractivity contribution in [3.8, 4) is 0 Å². The van der Waals surface area contributed by atoms with E-state index in [-0.39, 0.29) is 27.2 Å². The van der Waals surface area contributed by atoms with E-state index in [9.17, 15) is 9.59 Å². The van der Waals surface area contributed by atoms with Gasteiger partial charge in [0.05, 0.1) is 15.6 Å². The van der Waals surface area contributed by atoms with Crippen LogP contribution in [0.1, 0.15) is 49.4 Å². The quantitative estimate of drug-likeness (QED) is 0.487. The second-order valence-electron chi connectivity index (χ2n) is 5.76. The number of benzene rings is 1. The van der Waals surface area contributed by atoms with Gasteiger partial charge in [-0.05, 0) is 25.0 Å². The van der Waals surface area contributed by atoms with Gasteiger partial charge in [0.1, 0.15) is 0 Å². The molecule has 23 heavy (non-hydrogen) atoms. The lowest BCUT2D eigenvalue weighted by molar-refractivity contribution is -0.151. The summed E-state index contributed by atoms with van der Waals surface area (Å²) < 4.78 is 5.31. The third kappa shape index (κ3) is 4.75. The number of amides is 1. The minimum Gasteiger partial charge on any atom is -0.442 e. The maximum absolute atomic E-state index is 12.5. The molecule has 3 N–H and O–H groups in total. The lowest BCUT2D eigenvalue weighted by atomic mass is 9.88. The van der Waals surface area contributed by atoms with E-state index in [4.69, 9.17) is 33.7 Å². The first kappa shape index (κ1) is 17.9. The lowest BCUT2D eigenvalue weighted by Gasteiger charge is -2.30. The summed E-state index contributed by atoms with van der Waals surface area (Å²) in [6.07, 6.45) is 4.45. The monoisotopic (exact) mass is 358 g/mol. The zero-order valence-electron chi connectivity index (χ0n) is 12.9. The highest BCUT2D eigenvalue weighted by molar-refractivity contribution is 6.42. The Morgan fingerprint density at radius 1 is 1.22 bits per heavy atom. The zero-order chi connectivity index (χ0) is 17.0. The number of anilines is 1. The maximum atomic E-state index is 12.5. The van der Waals surface area contributed by atoms with Crippen LogP contribution in [0.5, 0.6) is 0 Å². The van der Waals surface area contributed by atoms with Crippen LogP contribution in [0.3, 0.4) is 0 Å². The summed E-state index contributed by atoms with van der Waals surface area (Å²) in [4.78, 5) is 23.8. The van der Waals surface area contributed by atoms with Crippen LogP contribution in [0.15, 0.2) is 12.1 Å². The van der Waals surface area contributed by atoms with E-state index < -0.39 is 18.1 Å². The van der Waals surface area contributed by atoms with Crippen molar-refractivity contribution in [3.05, 3.63) is 27.7 Å². The predicted molar refractivity (Wildman–Crippen MR) is 90.5 cm³/mol. The van der Waals surface area contributed by atoms with Crippen LogP contribution < -0.4 is 11.1 Å². The number of nitrogens with one attached hydrogen (secondary N) is 1. The van der Waals surface area contributed by atoms with Crippen LogP contribution >= 0.6 is 23.2 Å². The van der Waals surface area contributed by atoms with Crippen molar-refractivity contribution in [3.63, 3.8) is 0 Å². The molecular weight excluding hydrogens is 339 g/mol. The molecule has 1 aliphatic carbocycles. The fraction of sp³-hybridized carbons (Fsp3) is 0.500. The summed E-state index contributed by atoms with van der Waals surface area (Å²) in [5.74, 6) is -0.749. The van der Waals surface area contributed by atoms with Gasteiger partial charge in [-0.1, -0.05) is 42.5 Å². The molecule has 1 fully saturated rings. The SMILES string of the molecule is CC(=O)O[C@H](NC(=O)c1cc(Cl)c(Cl)cc1N)C1CCCCC1. The number of ether oxygens (including phenoxy) is 1. The molecule has 5 nitrogen and oxygen atoms in total. The minimum absolute atomic E-state index is 0.112. The molecule has 2 rings (SSSR count). The Hall–Kier alpha value is -1.46. The molecule has 1 aromatic carbocycles. The molecule has 1 atom stereocenters. The topological polar surface area (TPSA) is 81.4 Å². The third-order valence-electron chi connectivity index (χ3n) is 3.98. The van der Waals surface area contributed by atoms with E-state index in [1.165, 1.54) is 19.1 Å². The molecule has 1 aromatic rings. The normalized spacial score (nSPS) is 16.7. The highest BCUT2D eigenvalue weighted by Crippen LogP contribution is 2.29. The van der Waals surface area contributed by atoms with Crippen LogP contribution in [0, 0.1) is 5.92 Å². The Labute approximate surface area is 145 Å². The fourth-order valence-corrected chi connectivity index (χ4v) is 3.16. The van der Waals surface area contributed by atoms with E-state index in [0.29, 0.717) is 0 Å². The molecule has 126 valence electrons. The Balaban J connectivity index is 2.16. The van der Waals surface area contributed by atoms with Gasteiger partial charge in [-0.3, -0.25) is 9.59 Å². The van der Waals surface area contributed by atoms with E-state index in [1.54, 1.807) is 0 Å². The third-order valence-corrected chi connectivity index (χ3v) is 4.70. The highest BCUT2D eigenvalue weighted by Gasteiger charge is 2.28. The molecule has 7 heteroatoms. The van der Waals surface area contributed by atoms with Gasteiger partial charge in [-0.25, -0.2) is 0 Å². The molecule has 0 saturated heterocycles. The molecule has 1 aliphatic rings. The molecule has 0 aliphatic heterocycles. The van der Waals surface area contributed by atoms with Crippen molar-refractivity contribution in [1.82, 2.24) is 5.32 Å². The predicted octanol–water partition coefficient (Wildman–Crippen LogP) is 3.77. The standard InChI is InChI=1S/C16H20Cl2N2O3/c1-9(21)23-16(10-5-3-2-4-6-10)20-15(22)11-7-12(17)13(18)8-14(11)19/h7-8,10,16H,2-6,19H2,1H3,(H,20,22)/t16-/m0/s1. The average Bonchev–Trinajstić information content (AvgIpc) is 2.50. The summed E-state index contributed by atoms with van der Waals surface area (Å²) in [5, 5.41) is 3.28. The highest BCUT2D eigenvalue weighted by atomic mass is 35.5. The molecule has 0 radical (unpaired) electrons. The van der Waals surface area contributed by atoms with E-state index in [2.05, 4.69) is 5.32 Å². The molecule has 1 saturated carbocycles. The number of nitrogens with two attached hydrogens (primary N) is 1. The number of nitrogen functional groups attached to an aromatic ring is 1. The largest absolute Gasteiger partial charge is 0.442 e. The van der Waals surface area contributed by atoms with Gasteiger partial charge in [0.15, 0.2) is 6.23 Å². The second-order valence-corrected chi connectivity index (χ2v) is 6.57. The number of hydrogen-bond donors (Lipinski definition) is 2. The molecule has 1 amide bonds. The van der Waals surface area contributed by atoms with Crippen LogP contribution in [-0.2, 0) is 9.53 Å². The van der Waals surface area contributed by atoms with Gasteiger partial charge in [0.25, 0.3) is 5.91 Å². The molecule has 0 unspecified atom stereocenters. The first-order chi connectivity index (χ1) is 10.9. The molecule has 0 spiro atoms. The Bertz CT molecular complexity index is 601. The molecular formula is C16H20Cl2N2O3. The Morgan fingerprint density at radius 3 is 2.43 bits per heavy atom. The summed E-state index contributed by atoms with van der Waals surface area (Å²) >= 11 is 11.8. The van der Waals surface area contributed by atoms with Crippen molar-refractivity contribution < 1.29 is 14.3 Å². The van der Waals surface area contributed by atoms with Gasteiger partial charge >= 0.3 is 5.97 Å². The number of esters is 1. The van der Waals surface area contributed by atoms with Gasteiger partial charge in [-0.2, -0.15) is 0 Å². The van der Waals surface area contributed by atoms with Crippen LogP contribution in [-0.4, -0.2) is 18.1 Å². The fourth-order valence-electron chi connectivity index (χ4n) is 2.83. The first-order valence-corrected chi connectivity index (χ1v) is 8.36.